The van der Waals surface area contributed by atoms with Crippen molar-refractivity contribution in [2.45, 2.75) is 19.8 Å². The van der Waals surface area contributed by atoms with Crippen molar-refractivity contribution in [3.63, 3.8) is 0 Å². The van der Waals surface area contributed by atoms with Crippen molar-refractivity contribution in [1.82, 2.24) is 9.38 Å². The summed E-state index contributed by atoms with van der Waals surface area (Å²) in [5, 5.41) is 0. The molecule has 1 N–H and O–H groups in total. The smallest absolute Gasteiger partial charge is 0.360 e. The van der Waals surface area contributed by atoms with Gasteiger partial charge < -0.3 is 4.74 Å². The second-order valence-corrected chi connectivity index (χ2v) is 6.65. The molecule has 2 rings (SSSR count). The van der Waals surface area contributed by atoms with Crippen LogP contribution in [-0.2, 0) is 14.8 Å². The van der Waals surface area contributed by atoms with Gasteiger partial charge in [-0.3, -0.25) is 9.12 Å². The summed E-state index contributed by atoms with van der Waals surface area (Å²) in [5.41, 5.74) is 0.407. The van der Waals surface area contributed by atoms with E-state index in [9.17, 15) is 13.2 Å². The lowest BCUT2D eigenvalue weighted by Crippen LogP contribution is -2.20. The second-order valence-electron chi connectivity index (χ2n) is 4.81. The van der Waals surface area contributed by atoms with Crippen LogP contribution in [-0.4, -0.2) is 36.1 Å². The lowest BCUT2D eigenvalue weighted by atomic mass is 10.3. The van der Waals surface area contributed by atoms with Crippen molar-refractivity contribution in [2.24, 2.45) is 0 Å². The summed E-state index contributed by atoms with van der Waals surface area (Å²) < 4.78 is 33.3. The number of hydrogen-bond acceptors (Lipinski definition) is 5. The van der Waals surface area contributed by atoms with Crippen LogP contribution < -0.4 is 4.72 Å². The molecule has 0 saturated carbocycles. The Balaban J connectivity index is 2.39. The molecular formula is C15H19N3O4S. The van der Waals surface area contributed by atoms with E-state index in [4.69, 9.17) is 4.74 Å². The molecule has 0 radical (unpaired) electrons. The molecule has 2 heterocycles. The van der Waals surface area contributed by atoms with Gasteiger partial charge in [-0.15, -0.1) is 6.58 Å². The maximum absolute atomic E-state index is 12.2. The van der Waals surface area contributed by atoms with E-state index >= 15 is 0 Å². The highest BCUT2D eigenvalue weighted by Gasteiger charge is 2.23. The van der Waals surface area contributed by atoms with Gasteiger partial charge in [0.25, 0.3) is 0 Å². The summed E-state index contributed by atoms with van der Waals surface area (Å²) in [5.74, 6) is -0.640. The number of pyridine rings is 1. The molecule has 0 amide bonds. The maximum atomic E-state index is 12.2. The number of imidazole rings is 1. The number of fused-ring (bicyclic) bond motifs is 1. The lowest BCUT2D eigenvalue weighted by Gasteiger charge is -2.09. The van der Waals surface area contributed by atoms with E-state index in [1.54, 1.807) is 37.4 Å². The first-order valence-corrected chi connectivity index (χ1v) is 8.89. The third-order valence-electron chi connectivity index (χ3n) is 3.07. The number of nitrogens with one attached hydrogen (secondary N) is 1. The van der Waals surface area contributed by atoms with Gasteiger partial charge in [-0.05, 0) is 31.9 Å². The average molecular weight is 337 g/mol. The molecule has 0 atom stereocenters. The van der Waals surface area contributed by atoms with Gasteiger partial charge in [-0.1, -0.05) is 12.1 Å². The summed E-state index contributed by atoms with van der Waals surface area (Å²) in [6.45, 7) is 5.42. The molecule has 0 unspecified atom stereocenters. The topological polar surface area (TPSA) is 89.8 Å². The van der Waals surface area contributed by atoms with E-state index in [1.165, 1.54) is 4.40 Å². The Kier molecular flexibility index (Phi) is 5.38. The van der Waals surface area contributed by atoms with Crippen molar-refractivity contribution in [3.05, 3.63) is 42.7 Å². The van der Waals surface area contributed by atoms with Crippen LogP contribution in [0.4, 0.5) is 5.82 Å². The van der Waals surface area contributed by atoms with Gasteiger partial charge >= 0.3 is 5.97 Å². The zero-order chi connectivity index (χ0) is 16.9. The third-order valence-corrected chi connectivity index (χ3v) is 4.40. The first-order chi connectivity index (χ1) is 11.0. The summed E-state index contributed by atoms with van der Waals surface area (Å²) in [4.78, 5) is 16.2. The minimum atomic E-state index is -3.61. The number of aromatic nitrogens is 2. The lowest BCUT2D eigenvalue weighted by molar-refractivity contribution is 0.0521. The highest BCUT2D eigenvalue weighted by atomic mass is 32.2. The summed E-state index contributed by atoms with van der Waals surface area (Å²) >= 11 is 0. The number of carbonyl (C=O) groups is 1. The van der Waals surface area contributed by atoms with Gasteiger partial charge in [0.1, 0.15) is 5.65 Å². The maximum Gasteiger partial charge on any atom is 0.360 e. The Morgan fingerprint density at radius 1 is 1.48 bits per heavy atom. The van der Waals surface area contributed by atoms with E-state index < -0.39 is 16.0 Å². The molecule has 0 aromatic carbocycles. The normalized spacial score (nSPS) is 11.3. The fourth-order valence-corrected chi connectivity index (χ4v) is 3.19. The zero-order valence-corrected chi connectivity index (χ0v) is 13.7. The van der Waals surface area contributed by atoms with Crippen molar-refractivity contribution in [3.8, 4) is 0 Å². The van der Waals surface area contributed by atoms with Gasteiger partial charge in [0, 0.05) is 6.20 Å². The molecule has 0 bridgehead atoms. The van der Waals surface area contributed by atoms with Gasteiger partial charge in [0.15, 0.2) is 11.5 Å². The highest BCUT2D eigenvalue weighted by molar-refractivity contribution is 7.92. The number of anilines is 1. The van der Waals surface area contributed by atoms with E-state index in [2.05, 4.69) is 16.3 Å². The number of sulfonamides is 1. The van der Waals surface area contributed by atoms with Crippen molar-refractivity contribution in [1.29, 1.82) is 0 Å². The van der Waals surface area contributed by atoms with E-state index in [1.807, 2.05) is 0 Å². The van der Waals surface area contributed by atoms with Crippen LogP contribution in [0.5, 0.6) is 0 Å². The number of carbonyl (C=O) groups excluding carboxylic acids is 1. The molecule has 7 nitrogen and oxygen atoms in total. The predicted molar refractivity (Wildman–Crippen MR) is 88.0 cm³/mol. The Hall–Kier alpha value is -2.35. The fraction of sp³-hybridized carbons (Fsp3) is 0.333. The fourth-order valence-electron chi connectivity index (χ4n) is 2.05. The Bertz CT molecular complexity index is 811. The first-order valence-electron chi connectivity index (χ1n) is 7.24. The molecule has 0 aliphatic heterocycles. The predicted octanol–water partition coefficient (Wildman–Crippen LogP) is 2.22. The van der Waals surface area contributed by atoms with Gasteiger partial charge in [0.05, 0.1) is 12.4 Å². The molecule has 124 valence electrons. The number of unbranched alkanes of at least 4 members (excludes halogenated alkanes) is 1. The molecular weight excluding hydrogens is 318 g/mol. The standard InChI is InChI=1S/C15H19N3O4S/c1-3-5-8-11-23(20,21)17-14-13(15(19)22-4-2)16-12-9-6-7-10-18(12)14/h3,6-7,9-10,17H,1,4-5,8,11H2,2H3. The number of ether oxygens (including phenoxy) is 1. The minimum absolute atomic E-state index is 0.0506. The Morgan fingerprint density at radius 2 is 2.26 bits per heavy atom. The van der Waals surface area contributed by atoms with Crippen molar-refractivity contribution >= 4 is 27.5 Å². The SMILES string of the molecule is C=CCCCS(=O)(=O)Nc1c(C(=O)OCC)nc2ccccn12. The van der Waals surface area contributed by atoms with Gasteiger partial charge in [0.2, 0.25) is 10.0 Å². The quantitative estimate of drug-likeness (QED) is 0.453. The summed E-state index contributed by atoms with van der Waals surface area (Å²) in [6.07, 6.45) is 4.34. The van der Waals surface area contributed by atoms with Gasteiger partial charge in [-0.2, -0.15) is 0 Å². The number of allylic oxidation sites excluding steroid dienone is 1. The number of nitrogens with zero attached hydrogens (tertiary/aromatic N) is 2. The molecule has 0 saturated heterocycles. The molecule has 23 heavy (non-hydrogen) atoms. The van der Waals surface area contributed by atoms with Crippen LogP contribution in [0.3, 0.4) is 0 Å². The zero-order valence-electron chi connectivity index (χ0n) is 12.9. The molecule has 2 aromatic rings. The van der Waals surface area contributed by atoms with E-state index in [-0.39, 0.29) is 23.9 Å². The average Bonchev–Trinajstić information content (AvgIpc) is 2.86. The Labute approximate surface area is 135 Å². The number of esters is 1. The number of hydrogen-bond donors (Lipinski definition) is 1. The van der Waals surface area contributed by atoms with Crippen LogP contribution in [0.25, 0.3) is 5.65 Å². The molecule has 2 aromatic heterocycles. The monoisotopic (exact) mass is 337 g/mol. The highest BCUT2D eigenvalue weighted by Crippen LogP contribution is 2.20. The molecule has 8 heteroatoms. The van der Waals surface area contributed by atoms with Gasteiger partial charge in [-0.25, -0.2) is 18.2 Å². The van der Waals surface area contributed by atoms with Crippen LogP contribution in [0.1, 0.15) is 30.3 Å². The van der Waals surface area contributed by atoms with Crippen molar-refractivity contribution in [2.75, 3.05) is 17.1 Å². The Morgan fingerprint density at radius 3 is 2.96 bits per heavy atom. The van der Waals surface area contributed by atoms with Crippen LogP contribution >= 0.6 is 0 Å². The third kappa shape index (κ3) is 4.10. The first kappa shape index (κ1) is 17.0. The van der Waals surface area contributed by atoms with Crippen LogP contribution in [0, 0.1) is 0 Å². The minimum Gasteiger partial charge on any atom is -0.461 e. The van der Waals surface area contributed by atoms with Crippen LogP contribution in [0.2, 0.25) is 0 Å². The summed E-state index contributed by atoms with van der Waals surface area (Å²) in [6, 6.07) is 5.15. The van der Waals surface area contributed by atoms with Crippen LogP contribution in [0.15, 0.2) is 37.1 Å². The number of rotatable bonds is 8. The molecule has 0 fully saturated rings. The van der Waals surface area contributed by atoms with Crippen molar-refractivity contribution < 1.29 is 17.9 Å². The van der Waals surface area contributed by atoms with E-state index in [0.29, 0.717) is 18.5 Å². The molecule has 0 spiro atoms. The molecule has 0 aliphatic rings. The second kappa shape index (κ2) is 7.28. The van der Waals surface area contributed by atoms with E-state index in [0.717, 1.165) is 0 Å². The summed E-state index contributed by atoms with van der Waals surface area (Å²) in [7, 11) is -3.61. The largest absolute Gasteiger partial charge is 0.461 e. The molecule has 0 aliphatic carbocycles.